The van der Waals surface area contributed by atoms with Crippen LogP contribution in [-0.2, 0) is 11.2 Å². The second kappa shape index (κ2) is 7.79. The van der Waals surface area contributed by atoms with Crippen molar-refractivity contribution in [3.05, 3.63) is 36.2 Å². The number of nitrogen functional groups attached to an aromatic ring is 1. The number of phenols is 1. The van der Waals surface area contributed by atoms with Crippen LogP contribution in [0.4, 0.5) is 11.8 Å². The molecule has 0 radical (unpaired) electrons. The number of hydrogen-bond donors (Lipinski definition) is 6. The minimum atomic E-state index is -1.29. The molecule has 2 aromatic heterocycles. The Labute approximate surface area is 165 Å². The van der Waals surface area contributed by atoms with E-state index in [1.165, 1.54) is 10.9 Å². The van der Waals surface area contributed by atoms with Crippen molar-refractivity contribution in [2.75, 3.05) is 24.2 Å². The third kappa shape index (κ3) is 3.56. The van der Waals surface area contributed by atoms with Crippen LogP contribution in [0.2, 0.25) is 0 Å². The van der Waals surface area contributed by atoms with Crippen LogP contribution in [0.3, 0.4) is 0 Å². The second-order valence-corrected chi connectivity index (χ2v) is 6.81. The van der Waals surface area contributed by atoms with Gasteiger partial charge in [0, 0.05) is 6.54 Å². The Morgan fingerprint density at radius 2 is 1.90 bits per heavy atom. The van der Waals surface area contributed by atoms with E-state index in [1.807, 2.05) is 12.1 Å². The molecular weight excluding hydrogens is 380 g/mol. The number of aliphatic hydroxyl groups excluding tert-OH is 3. The van der Waals surface area contributed by atoms with E-state index in [0.29, 0.717) is 30.1 Å². The van der Waals surface area contributed by atoms with E-state index in [2.05, 4.69) is 20.3 Å². The maximum Gasteiger partial charge on any atom is 0.207 e. The van der Waals surface area contributed by atoms with Crippen molar-refractivity contribution in [2.45, 2.75) is 31.0 Å². The standard InChI is InChI=1S/C18H22N6O5/c19-15-12-16(22-8-21-15)24(17-14(28)13(27)11(7-25)29-17)18(23-12)20-6-5-9-1-3-10(26)4-2-9/h1-4,8,11,13-14,17,25-28H,5-7H2,(H,20,23)(H2,19,21,22)/t11-,13-,14-,17-/m1/s1. The van der Waals surface area contributed by atoms with E-state index in [-0.39, 0.29) is 11.6 Å². The molecule has 1 saturated heterocycles. The summed E-state index contributed by atoms with van der Waals surface area (Å²) in [6.07, 6.45) is -2.59. The fraction of sp³-hybridized carbons (Fsp3) is 0.389. The predicted octanol–water partition coefficient (Wildman–Crippen LogP) is -0.620. The lowest BCUT2D eigenvalue weighted by Gasteiger charge is -2.19. The summed E-state index contributed by atoms with van der Waals surface area (Å²) in [6.45, 7) is 0.0400. The summed E-state index contributed by atoms with van der Waals surface area (Å²) < 4.78 is 7.16. The smallest absolute Gasteiger partial charge is 0.207 e. The monoisotopic (exact) mass is 402 g/mol. The van der Waals surface area contributed by atoms with Gasteiger partial charge in [-0.05, 0) is 24.1 Å². The van der Waals surface area contributed by atoms with E-state index in [9.17, 15) is 20.4 Å². The summed E-state index contributed by atoms with van der Waals surface area (Å²) in [5, 5.41) is 42.5. The zero-order valence-corrected chi connectivity index (χ0v) is 15.4. The Morgan fingerprint density at radius 1 is 1.14 bits per heavy atom. The third-order valence-corrected chi connectivity index (χ3v) is 4.91. The van der Waals surface area contributed by atoms with Gasteiger partial charge in [-0.1, -0.05) is 12.1 Å². The number of aromatic nitrogens is 4. The molecule has 0 spiro atoms. The highest BCUT2D eigenvalue weighted by atomic mass is 16.6. The van der Waals surface area contributed by atoms with Crippen molar-refractivity contribution < 1.29 is 25.2 Å². The van der Waals surface area contributed by atoms with Crippen LogP contribution in [0, 0.1) is 0 Å². The molecule has 1 aromatic carbocycles. The fourth-order valence-electron chi connectivity index (χ4n) is 3.37. The summed E-state index contributed by atoms with van der Waals surface area (Å²) in [6, 6.07) is 6.85. The Kier molecular flexibility index (Phi) is 5.20. The average molecular weight is 402 g/mol. The van der Waals surface area contributed by atoms with Gasteiger partial charge in [0.15, 0.2) is 23.2 Å². The zero-order chi connectivity index (χ0) is 20.5. The van der Waals surface area contributed by atoms with E-state index < -0.39 is 31.1 Å². The fourth-order valence-corrected chi connectivity index (χ4v) is 3.37. The number of nitrogens with two attached hydrogens (primary N) is 1. The van der Waals surface area contributed by atoms with Gasteiger partial charge in [-0.2, -0.15) is 0 Å². The predicted molar refractivity (Wildman–Crippen MR) is 103 cm³/mol. The Morgan fingerprint density at radius 3 is 2.59 bits per heavy atom. The van der Waals surface area contributed by atoms with Gasteiger partial charge in [0.05, 0.1) is 6.61 Å². The molecule has 154 valence electrons. The zero-order valence-electron chi connectivity index (χ0n) is 15.4. The maximum atomic E-state index is 10.5. The van der Waals surface area contributed by atoms with Crippen LogP contribution in [-0.4, -0.2) is 71.4 Å². The number of fused-ring (bicyclic) bond motifs is 1. The molecule has 3 aromatic rings. The SMILES string of the molecule is Nc1ncnc2c1nc(NCCc1ccc(O)cc1)n2[C@@H]1O[C@H](CO)[C@@H](O)[C@H]1O. The molecule has 29 heavy (non-hydrogen) atoms. The highest BCUT2D eigenvalue weighted by molar-refractivity contribution is 5.84. The maximum absolute atomic E-state index is 10.5. The van der Waals surface area contributed by atoms with E-state index in [0.717, 1.165) is 5.56 Å². The molecule has 3 heterocycles. The Balaban J connectivity index is 1.63. The number of anilines is 2. The summed E-state index contributed by atoms with van der Waals surface area (Å²) in [4.78, 5) is 12.6. The summed E-state index contributed by atoms with van der Waals surface area (Å²) in [7, 11) is 0. The first-order valence-corrected chi connectivity index (χ1v) is 9.12. The van der Waals surface area contributed by atoms with Crippen LogP contribution < -0.4 is 11.1 Å². The minimum absolute atomic E-state index is 0.169. The van der Waals surface area contributed by atoms with Crippen LogP contribution in [0.5, 0.6) is 5.75 Å². The van der Waals surface area contributed by atoms with Crippen LogP contribution in [0.1, 0.15) is 11.8 Å². The van der Waals surface area contributed by atoms with Crippen LogP contribution >= 0.6 is 0 Å². The highest BCUT2D eigenvalue weighted by Gasteiger charge is 2.45. The van der Waals surface area contributed by atoms with Gasteiger partial charge < -0.3 is 36.2 Å². The quantitative estimate of drug-likeness (QED) is 0.312. The lowest BCUT2D eigenvalue weighted by molar-refractivity contribution is -0.0501. The first kappa shape index (κ1) is 19.3. The van der Waals surface area contributed by atoms with Crippen molar-refractivity contribution in [2.24, 2.45) is 0 Å². The van der Waals surface area contributed by atoms with Crippen molar-refractivity contribution in [1.82, 2.24) is 19.5 Å². The first-order chi connectivity index (χ1) is 14.0. The lowest BCUT2D eigenvalue weighted by atomic mass is 10.1. The molecule has 0 unspecified atom stereocenters. The summed E-state index contributed by atoms with van der Waals surface area (Å²) in [5.41, 5.74) is 7.58. The number of phenolic OH excluding ortho intramolecular Hbond substituents is 1. The van der Waals surface area contributed by atoms with Crippen molar-refractivity contribution in [1.29, 1.82) is 0 Å². The average Bonchev–Trinajstić information content (AvgIpc) is 3.22. The van der Waals surface area contributed by atoms with Gasteiger partial charge in [-0.25, -0.2) is 15.0 Å². The first-order valence-electron chi connectivity index (χ1n) is 9.12. The van der Waals surface area contributed by atoms with Gasteiger partial charge in [0.2, 0.25) is 5.95 Å². The molecule has 7 N–H and O–H groups in total. The number of hydrogen-bond acceptors (Lipinski definition) is 10. The Hall–Kier alpha value is -2.99. The molecule has 0 amide bonds. The van der Waals surface area contributed by atoms with Crippen molar-refractivity contribution in [3.8, 4) is 5.75 Å². The molecule has 1 fully saturated rings. The van der Waals surface area contributed by atoms with Gasteiger partial charge >= 0.3 is 0 Å². The third-order valence-electron chi connectivity index (χ3n) is 4.91. The number of nitrogens with one attached hydrogen (secondary N) is 1. The molecule has 11 heteroatoms. The number of rotatable bonds is 6. The second-order valence-electron chi connectivity index (χ2n) is 6.81. The number of imidazole rings is 1. The molecule has 0 saturated carbocycles. The molecule has 1 aliphatic heterocycles. The summed E-state index contributed by atoms with van der Waals surface area (Å²) in [5.74, 6) is 0.699. The van der Waals surface area contributed by atoms with Crippen molar-refractivity contribution in [3.63, 3.8) is 0 Å². The normalized spacial score (nSPS) is 24.2. The number of aliphatic hydroxyl groups is 3. The number of aromatic hydroxyl groups is 1. The van der Waals surface area contributed by atoms with Gasteiger partial charge in [0.25, 0.3) is 0 Å². The largest absolute Gasteiger partial charge is 0.508 e. The molecule has 1 aliphatic rings. The Bertz CT molecular complexity index is 994. The molecular formula is C18H22N6O5. The van der Waals surface area contributed by atoms with Gasteiger partial charge in [0.1, 0.15) is 30.4 Å². The van der Waals surface area contributed by atoms with Crippen LogP contribution in [0.25, 0.3) is 11.2 Å². The lowest BCUT2D eigenvalue weighted by Crippen LogP contribution is -2.33. The number of benzene rings is 1. The van der Waals surface area contributed by atoms with Gasteiger partial charge in [-0.3, -0.25) is 4.57 Å². The topological polar surface area (TPSA) is 172 Å². The highest BCUT2D eigenvalue weighted by Crippen LogP contribution is 2.35. The number of nitrogens with zero attached hydrogens (tertiary/aromatic N) is 4. The molecule has 4 atom stereocenters. The van der Waals surface area contributed by atoms with E-state index in [4.69, 9.17) is 10.5 Å². The molecule has 11 nitrogen and oxygen atoms in total. The molecule has 0 bridgehead atoms. The number of ether oxygens (including phenoxy) is 1. The summed E-state index contributed by atoms with van der Waals surface area (Å²) >= 11 is 0. The van der Waals surface area contributed by atoms with E-state index in [1.54, 1.807) is 12.1 Å². The molecule has 0 aliphatic carbocycles. The van der Waals surface area contributed by atoms with Crippen LogP contribution in [0.15, 0.2) is 30.6 Å². The minimum Gasteiger partial charge on any atom is -0.508 e. The molecule has 4 rings (SSSR count). The van der Waals surface area contributed by atoms with Crippen molar-refractivity contribution >= 4 is 22.9 Å². The van der Waals surface area contributed by atoms with Gasteiger partial charge in [-0.15, -0.1) is 0 Å². The van der Waals surface area contributed by atoms with E-state index >= 15 is 0 Å².